The fraction of sp³-hybridized carbons (Fsp3) is 1.00. The van der Waals surface area contributed by atoms with Crippen molar-refractivity contribution in [1.29, 1.82) is 0 Å². The molecule has 1 unspecified atom stereocenters. The van der Waals surface area contributed by atoms with Gasteiger partial charge in [0.1, 0.15) is 0 Å². The third-order valence-corrected chi connectivity index (χ3v) is 2.91. The maximum Gasteiger partial charge on any atom is 0.0462 e. The molecule has 0 radical (unpaired) electrons. The van der Waals surface area contributed by atoms with Crippen molar-refractivity contribution in [2.45, 2.75) is 32.2 Å². The predicted molar refractivity (Wildman–Crippen MR) is 59.6 cm³/mol. The van der Waals surface area contributed by atoms with E-state index in [9.17, 15) is 0 Å². The number of ether oxygens (including phenoxy) is 1. The van der Waals surface area contributed by atoms with Crippen LogP contribution in [0.1, 0.15) is 26.2 Å². The molecule has 14 heavy (non-hydrogen) atoms. The molecule has 1 atom stereocenters. The second-order valence-corrected chi connectivity index (χ2v) is 4.06. The first-order valence-electron chi connectivity index (χ1n) is 5.81. The Balaban J connectivity index is 2.05. The van der Waals surface area contributed by atoms with Crippen molar-refractivity contribution in [3.8, 4) is 0 Å². The van der Waals surface area contributed by atoms with Crippen molar-refractivity contribution >= 4 is 0 Å². The lowest BCUT2D eigenvalue weighted by Gasteiger charge is -2.33. The molecule has 1 heterocycles. The lowest BCUT2D eigenvalue weighted by Crippen LogP contribution is -2.50. The Labute approximate surface area is 87.8 Å². The quantitative estimate of drug-likeness (QED) is 0.650. The fourth-order valence-electron chi connectivity index (χ4n) is 1.95. The zero-order valence-electron chi connectivity index (χ0n) is 9.59. The maximum absolute atomic E-state index is 5.04. The van der Waals surface area contributed by atoms with Crippen LogP contribution in [0.3, 0.4) is 0 Å². The molecule has 0 amide bonds. The number of nitrogens with one attached hydrogen (secondary N) is 1. The van der Waals surface area contributed by atoms with Gasteiger partial charge in [-0.15, -0.1) is 0 Å². The highest BCUT2D eigenvalue weighted by molar-refractivity contribution is 4.76. The van der Waals surface area contributed by atoms with E-state index < -0.39 is 0 Å². The summed E-state index contributed by atoms with van der Waals surface area (Å²) in [4.78, 5) is 2.57. The summed E-state index contributed by atoms with van der Waals surface area (Å²) in [6.45, 7) is 7.99. The molecule has 0 bridgehead atoms. The molecule has 0 aromatic rings. The Morgan fingerprint density at radius 1 is 1.43 bits per heavy atom. The SMILES string of the molecule is CCC1CN(CCCCOC)CCN1. The van der Waals surface area contributed by atoms with Gasteiger partial charge in [0.05, 0.1) is 0 Å². The molecule has 0 aromatic carbocycles. The third-order valence-electron chi connectivity index (χ3n) is 2.91. The highest BCUT2D eigenvalue weighted by atomic mass is 16.5. The summed E-state index contributed by atoms with van der Waals surface area (Å²) >= 11 is 0. The van der Waals surface area contributed by atoms with E-state index in [1.165, 1.54) is 38.9 Å². The molecule has 1 aliphatic rings. The van der Waals surface area contributed by atoms with Crippen LogP contribution in [-0.2, 0) is 4.74 Å². The summed E-state index contributed by atoms with van der Waals surface area (Å²) < 4.78 is 5.04. The number of methoxy groups -OCH3 is 1. The van der Waals surface area contributed by atoms with Crippen LogP contribution in [0.2, 0.25) is 0 Å². The topological polar surface area (TPSA) is 24.5 Å². The molecular formula is C11H24N2O. The molecule has 0 spiro atoms. The predicted octanol–water partition coefficient (Wildman–Crippen LogP) is 1.10. The normalized spacial score (nSPS) is 24.0. The summed E-state index contributed by atoms with van der Waals surface area (Å²) in [5.41, 5.74) is 0. The van der Waals surface area contributed by atoms with Gasteiger partial charge in [0.2, 0.25) is 0 Å². The standard InChI is InChI=1S/C11H24N2O/c1-3-11-10-13(8-6-12-11)7-4-5-9-14-2/h11-12H,3-10H2,1-2H3. The fourth-order valence-corrected chi connectivity index (χ4v) is 1.95. The lowest BCUT2D eigenvalue weighted by molar-refractivity contribution is 0.168. The van der Waals surface area contributed by atoms with Crippen LogP contribution >= 0.6 is 0 Å². The van der Waals surface area contributed by atoms with Gasteiger partial charge in [-0.05, 0) is 25.8 Å². The van der Waals surface area contributed by atoms with Gasteiger partial charge in [-0.25, -0.2) is 0 Å². The van der Waals surface area contributed by atoms with Crippen LogP contribution < -0.4 is 5.32 Å². The van der Waals surface area contributed by atoms with Gasteiger partial charge in [-0.3, -0.25) is 0 Å². The average molecular weight is 200 g/mol. The zero-order chi connectivity index (χ0) is 10.2. The second-order valence-electron chi connectivity index (χ2n) is 4.06. The zero-order valence-corrected chi connectivity index (χ0v) is 9.59. The van der Waals surface area contributed by atoms with Crippen molar-refractivity contribution < 1.29 is 4.74 Å². The second kappa shape index (κ2) is 7.21. The largest absolute Gasteiger partial charge is 0.385 e. The smallest absolute Gasteiger partial charge is 0.0462 e. The van der Waals surface area contributed by atoms with Gasteiger partial charge >= 0.3 is 0 Å². The first-order valence-corrected chi connectivity index (χ1v) is 5.81. The minimum Gasteiger partial charge on any atom is -0.385 e. The van der Waals surface area contributed by atoms with Crippen molar-refractivity contribution in [3.63, 3.8) is 0 Å². The molecule has 1 rings (SSSR count). The third kappa shape index (κ3) is 4.40. The average Bonchev–Trinajstić information content (AvgIpc) is 2.25. The summed E-state index contributed by atoms with van der Waals surface area (Å²) in [5.74, 6) is 0. The van der Waals surface area contributed by atoms with Crippen molar-refractivity contribution in [3.05, 3.63) is 0 Å². The van der Waals surface area contributed by atoms with Gasteiger partial charge in [0, 0.05) is 39.4 Å². The van der Waals surface area contributed by atoms with E-state index in [0.717, 1.165) is 13.2 Å². The summed E-state index contributed by atoms with van der Waals surface area (Å²) in [6.07, 6.45) is 3.70. The van der Waals surface area contributed by atoms with Crippen LogP contribution in [0, 0.1) is 0 Å². The summed E-state index contributed by atoms with van der Waals surface area (Å²) in [5, 5.41) is 3.53. The van der Waals surface area contributed by atoms with E-state index in [-0.39, 0.29) is 0 Å². The summed E-state index contributed by atoms with van der Waals surface area (Å²) in [6, 6.07) is 0.714. The first-order chi connectivity index (χ1) is 6.86. The number of piperazine rings is 1. The summed E-state index contributed by atoms with van der Waals surface area (Å²) in [7, 11) is 1.78. The molecule has 3 nitrogen and oxygen atoms in total. The van der Waals surface area contributed by atoms with Crippen molar-refractivity contribution in [2.24, 2.45) is 0 Å². The van der Waals surface area contributed by atoms with Crippen LogP contribution in [0.4, 0.5) is 0 Å². The molecule has 1 fully saturated rings. The van der Waals surface area contributed by atoms with Crippen LogP contribution in [0.5, 0.6) is 0 Å². The Morgan fingerprint density at radius 3 is 3.00 bits per heavy atom. The monoisotopic (exact) mass is 200 g/mol. The molecule has 0 aliphatic carbocycles. The number of hydrogen-bond acceptors (Lipinski definition) is 3. The van der Waals surface area contributed by atoms with Gasteiger partial charge in [-0.2, -0.15) is 0 Å². The van der Waals surface area contributed by atoms with E-state index >= 15 is 0 Å². The van der Waals surface area contributed by atoms with E-state index in [0.29, 0.717) is 6.04 Å². The lowest BCUT2D eigenvalue weighted by atomic mass is 10.1. The minimum atomic E-state index is 0.714. The van der Waals surface area contributed by atoms with Crippen molar-refractivity contribution in [1.82, 2.24) is 10.2 Å². The first kappa shape index (κ1) is 12.0. The Morgan fingerprint density at radius 2 is 2.29 bits per heavy atom. The molecule has 84 valence electrons. The van der Waals surface area contributed by atoms with Gasteiger partial charge < -0.3 is 15.0 Å². The van der Waals surface area contributed by atoms with E-state index in [1.807, 2.05) is 0 Å². The Bertz CT molecular complexity index is 141. The molecule has 0 aromatic heterocycles. The molecule has 0 saturated carbocycles. The van der Waals surface area contributed by atoms with Gasteiger partial charge in [-0.1, -0.05) is 6.92 Å². The molecule has 1 saturated heterocycles. The molecule has 1 N–H and O–H groups in total. The molecular weight excluding hydrogens is 176 g/mol. The number of hydrogen-bond donors (Lipinski definition) is 1. The molecule has 3 heteroatoms. The number of unbranched alkanes of at least 4 members (excludes halogenated alkanes) is 1. The highest BCUT2D eigenvalue weighted by Gasteiger charge is 2.16. The van der Waals surface area contributed by atoms with E-state index in [1.54, 1.807) is 7.11 Å². The van der Waals surface area contributed by atoms with E-state index in [2.05, 4.69) is 17.1 Å². The van der Waals surface area contributed by atoms with Gasteiger partial charge in [0.25, 0.3) is 0 Å². The van der Waals surface area contributed by atoms with Gasteiger partial charge in [0.15, 0.2) is 0 Å². The van der Waals surface area contributed by atoms with Crippen LogP contribution in [0.25, 0.3) is 0 Å². The van der Waals surface area contributed by atoms with Crippen LogP contribution in [0.15, 0.2) is 0 Å². The van der Waals surface area contributed by atoms with Crippen LogP contribution in [-0.4, -0.2) is 50.8 Å². The Kier molecular flexibility index (Phi) is 6.15. The highest BCUT2D eigenvalue weighted by Crippen LogP contribution is 2.04. The van der Waals surface area contributed by atoms with E-state index in [4.69, 9.17) is 4.74 Å². The maximum atomic E-state index is 5.04. The minimum absolute atomic E-state index is 0.714. The number of nitrogens with zero attached hydrogens (tertiary/aromatic N) is 1. The van der Waals surface area contributed by atoms with Crippen molar-refractivity contribution in [2.75, 3.05) is 39.9 Å². The number of rotatable bonds is 6. The Hall–Kier alpha value is -0.120. The molecule has 1 aliphatic heterocycles.